The van der Waals surface area contributed by atoms with Crippen LogP contribution in [0.1, 0.15) is 16.2 Å². The maximum Gasteiger partial charge on any atom is 0.255 e. The molecule has 1 amide bonds. The Bertz CT molecular complexity index is 498. The smallest absolute Gasteiger partial charge is 0.255 e. The first kappa shape index (κ1) is 11.0. The van der Waals surface area contributed by atoms with Gasteiger partial charge in [0.15, 0.2) is 5.82 Å². The van der Waals surface area contributed by atoms with Crippen LogP contribution in [0.15, 0.2) is 18.5 Å². The number of amides is 1. The van der Waals surface area contributed by atoms with Gasteiger partial charge in [0.05, 0.1) is 25.4 Å². The average molecular weight is 234 g/mol. The predicted molar refractivity (Wildman–Crippen MR) is 56.1 cm³/mol. The Morgan fingerprint density at radius 2 is 2.47 bits per heavy atom. The molecule has 17 heavy (non-hydrogen) atoms. The van der Waals surface area contributed by atoms with Gasteiger partial charge in [0.25, 0.3) is 5.91 Å². The number of hydrogen-bond acceptors (Lipinski definition) is 6. The van der Waals surface area contributed by atoms with Crippen molar-refractivity contribution in [2.45, 2.75) is 6.54 Å². The number of nitrogens with zero attached hydrogens (tertiary/aromatic N) is 4. The third-order valence-electron chi connectivity index (χ3n) is 2.05. The average Bonchev–Trinajstić information content (AvgIpc) is 2.89. The Labute approximate surface area is 96.4 Å². The number of tetrazole rings is 1. The van der Waals surface area contributed by atoms with Crippen molar-refractivity contribution in [2.24, 2.45) is 0 Å². The molecular formula is C9H10N6O2. The lowest BCUT2D eigenvalue weighted by Crippen LogP contribution is -2.24. The van der Waals surface area contributed by atoms with Gasteiger partial charge >= 0.3 is 0 Å². The molecule has 0 aliphatic rings. The molecule has 0 aliphatic carbocycles. The van der Waals surface area contributed by atoms with Crippen LogP contribution in [0, 0.1) is 0 Å². The van der Waals surface area contributed by atoms with Gasteiger partial charge in [-0.05, 0) is 6.07 Å². The van der Waals surface area contributed by atoms with Crippen molar-refractivity contribution in [3.8, 4) is 5.75 Å². The van der Waals surface area contributed by atoms with Gasteiger partial charge < -0.3 is 10.1 Å². The molecule has 8 nitrogen and oxygen atoms in total. The van der Waals surface area contributed by atoms with Gasteiger partial charge in [0.2, 0.25) is 0 Å². The molecule has 0 saturated carbocycles. The number of carbonyl (C=O) groups is 1. The van der Waals surface area contributed by atoms with Crippen molar-refractivity contribution in [2.75, 3.05) is 7.11 Å². The molecule has 2 aromatic heterocycles. The molecular weight excluding hydrogens is 224 g/mol. The zero-order chi connectivity index (χ0) is 12.1. The maximum absolute atomic E-state index is 11.8. The van der Waals surface area contributed by atoms with Crippen molar-refractivity contribution >= 4 is 5.91 Å². The first-order valence-electron chi connectivity index (χ1n) is 4.80. The lowest BCUT2D eigenvalue weighted by Gasteiger charge is -2.06. The number of carbonyl (C=O) groups excluding carboxylic acids is 1. The molecule has 0 aliphatic heterocycles. The second kappa shape index (κ2) is 5.01. The van der Waals surface area contributed by atoms with E-state index in [0.29, 0.717) is 17.1 Å². The Balaban J connectivity index is 2.04. The predicted octanol–water partition coefficient (Wildman–Crippen LogP) is -0.467. The molecule has 0 spiro atoms. The minimum Gasteiger partial charge on any atom is -0.494 e. The monoisotopic (exact) mass is 234 g/mol. The van der Waals surface area contributed by atoms with Crippen molar-refractivity contribution < 1.29 is 9.53 Å². The first-order valence-corrected chi connectivity index (χ1v) is 4.80. The molecule has 8 heteroatoms. The van der Waals surface area contributed by atoms with Crippen LogP contribution in [0.4, 0.5) is 0 Å². The molecule has 2 aromatic rings. The molecule has 0 saturated heterocycles. The molecule has 0 fully saturated rings. The van der Waals surface area contributed by atoms with Gasteiger partial charge in [-0.25, -0.2) is 0 Å². The molecule has 0 unspecified atom stereocenters. The molecule has 88 valence electrons. The highest BCUT2D eigenvalue weighted by Crippen LogP contribution is 2.15. The van der Waals surface area contributed by atoms with Crippen LogP contribution in [0.3, 0.4) is 0 Å². The summed E-state index contributed by atoms with van der Waals surface area (Å²) < 4.78 is 5.03. The van der Waals surface area contributed by atoms with Crippen molar-refractivity contribution in [3.63, 3.8) is 0 Å². The van der Waals surface area contributed by atoms with E-state index in [1.54, 1.807) is 6.07 Å². The van der Waals surface area contributed by atoms with Gasteiger partial charge in [-0.2, -0.15) is 5.21 Å². The van der Waals surface area contributed by atoms with E-state index in [4.69, 9.17) is 4.74 Å². The van der Waals surface area contributed by atoms with E-state index >= 15 is 0 Å². The molecule has 0 atom stereocenters. The van der Waals surface area contributed by atoms with Gasteiger partial charge in [-0.3, -0.25) is 9.78 Å². The lowest BCUT2D eigenvalue weighted by molar-refractivity contribution is 0.0946. The largest absolute Gasteiger partial charge is 0.494 e. The summed E-state index contributed by atoms with van der Waals surface area (Å²) in [6.45, 7) is 0.195. The van der Waals surface area contributed by atoms with E-state index in [9.17, 15) is 4.79 Å². The third kappa shape index (κ3) is 2.54. The maximum atomic E-state index is 11.8. The lowest BCUT2D eigenvalue weighted by atomic mass is 10.2. The number of ether oxygens (including phenoxy) is 1. The summed E-state index contributed by atoms with van der Waals surface area (Å²) in [5, 5.41) is 15.8. The van der Waals surface area contributed by atoms with Crippen LogP contribution in [-0.2, 0) is 6.54 Å². The zero-order valence-corrected chi connectivity index (χ0v) is 9.04. The molecule has 2 rings (SSSR count). The van der Waals surface area contributed by atoms with Crippen LogP contribution in [0.5, 0.6) is 5.75 Å². The van der Waals surface area contributed by atoms with Crippen molar-refractivity contribution in [1.82, 2.24) is 30.9 Å². The minimum atomic E-state index is -0.283. The summed E-state index contributed by atoms with van der Waals surface area (Å²) in [5.41, 5.74) is 0.408. The Kier molecular flexibility index (Phi) is 3.24. The molecule has 2 N–H and O–H groups in total. The van der Waals surface area contributed by atoms with Crippen LogP contribution in [0.2, 0.25) is 0 Å². The number of aromatic amines is 1. The summed E-state index contributed by atoms with van der Waals surface area (Å²) in [7, 11) is 1.48. The summed E-state index contributed by atoms with van der Waals surface area (Å²) in [4.78, 5) is 15.7. The summed E-state index contributed by atoms with van der Waals surface area (Å²) in [6.07, 6.45) is 3.00. The summed E-state index contributed by atoms with van der Waals surface area (Å²) in [6, 6.07) is 1.57. The highest BCUT2D eigenvalue weighted by molar-refractivity contribution is 5.96. The number of methoxy groups -OCH3 is 1. The second-order valence-corrected chi connectivity index (χ2v) is 3.09. The SMILES string of the molecule is COc1cnccc1C(=O)NCc1nn[nH]n1. The zero-order valence-electron chi connectivity index (χ0n) is 9.04. The molecule has 0 bridgehead atoms. The van der Waals surface area contributed by atoms with Gasteiger partial charge in [0.1, 0.15) is 5.75 Å². The quantitative estimate of drug-likeness (QED) is 0.741. The van der Waals surface area contributed by atoms with Crippen molar-refractivity contribution in [3.05, 3.63) is 29.8 Å². The van der Waals surface area contributed by atoms with E-state index in [-0.39, 0.29) is 12.5 Å². The van der Waals surface area contributed by atoms with Crippen LogP contribution in [-0.4, -0.2) is 38.6 Å². The fraction of sp³-hybridized carbons (Fsp3) is 0.222. The van der Waals surface area contributed by atoms with Gasteiger partial charge in [-0.1, -0.05) is 5.21 Å². The highest BCUT2D eigenvalue weighted by atomic mass is 16.5. The number of H-pyrrole nitrogens is 1. The molecule has 2 heterocycles. The Morgan fingerprint density at radius 1 is 1.59 bits per heavy atom. The number of rotatable bonds is 4. The van der Waals surface area contributed by atoms with E-state index < -0.39 is 0 Å². The number of hydrogen-bond donors (Lipinski definition) is 2. The highest BCUT2D eigenvalue weighted by Gasteiger charge is 2.12. The normalized spacial score (nSPS) is 9.94. The summed E-state index contributed by atoms with van der Waals surface area (Å²) >= 11 is 0. The topological polar surface area (TPSA) is 106 Å². The Morgan fingerprint density at radius 3 is 3.18 bits per heavy atom. The Hall–Kier alpha value is -2.51. The van der Waals surface area contributed by atoms with Gasteiger partial charge in [0, 0.05) is 6.20 Å². The van der Waals surface area contributed by atoms with E-state index in [2.05, 4.69) is 30.9 Å². The van der Waals surface area contributed by atoms with E-state index in [1.807, 2.05) is 0 Å². The van der Waals surface area contributed by atoms with Gasteiger partial charge in [-0.15, -0.1) is 10.2 Å². The number of aromatic nitrogens is 5. The molecule has 0 radical (unpaired) electrons. The van der Waals surface area contributed by atoms with E-state index in [0.717, 1.165) is 0 Å². The number of pyridine rings is 1. The molecule has 0 aromatic carbocycles. The fourth-order valence-corrected chi connectivity index (χ4v) is 1.24. The minimum absolute atomic E-state index is 0.195. The summed E-state index contributed by atoms with van der Waals surface area (Å²) in [5.74, 6) is 0.540. The number of nitrogens with one attached hydrogen (secondary N) is 2. The second-order valence-electron chi connectivity index (χ2n) is 3.09. The van der Waals surface area contributed by atoms with Crippen LogP contribution in [0.25, 0.3) is 0 Å². The third-order valence-corrected chi connectivity index (χ3v) is 2.05. The first-order chi connectivity index (χ1) is 8.31. The van der Waals surface area contributed by atoms with Crippen LogP contribution >= 0.6 is 0 Å². The van der Waals surface area contributed by atoms with Crippen LogP contribution < -0.4 is 10.1 Å². The fourth-order valence-electron chi connectivity index (χ4n) is 1.24. The van der Waals surface area contributed by atoms with E-state index in [1.165, 1.54) is 19.5 Å². The standard InChI is InChI=1S/C9H10N6O2/c1-17-7-4-10-3-2-6(7)9(16)11-5-8-12-14-15-13-8/h2-4H,5H2,1H3,(H,11,16)(H,12,13,14,15). The van der Waals surface area contributed by atoms with Crippen molar-refractivity contribution in [1.29, 1.82) is 0 Å².